The molecule has 0 atom stereocenters. The molecule has 0 aliphatic carbocycles. The molecule has 13 aromatic rings. The van der Waals surface area contributed by atoms with Crippen LogP contribution in [-0.2, 0) is 22.6 Å². The fourth-order valence-electron chi connectivity index (χ4n) is 8.43. The number of nitrogens with zero attached hydrogens (tertiary/aromatic N) is 12. The van der Waals surface area contributed by atoms with E-state index in [-0.39, 0.29) is 47.1 Å². The molecule has 0 saturated carbocycles. The van der Waals surface area contributed by atoms with E-state index in [0.717, 1.165) is 66.2 Å². The Morgan fingerprint density at radius 1 is 0.495 bits per heavy atom. The van der Waals surface area contributed by atoms with Gasteiger partial charge in [-0.15, -0.1) is 10.2 Å². The van der Waals surface area contributed by atoms with Crippen molar-refractivity contribution in [1.29, 1.82) is 0 Å². The third-order valence-corrected chi connectivity index (χ3v) is 12.9. The van der Waals surface area contributed by atoms with E-state index in [0.29, 0.717) is 30.3 Å². The predicted molar refractivity (Wildman–Crippen MR) is 333 cm³/mol. The molecule has 13 rings (SSSR count). The first kappa shape index (κ1) is 66.3. The van der Waals surface area contributed by atoms with Crippen molar-refractivity contribution in [3.8, 4) is 52.1 Å². The highest BCUT2D eigenvalue weighted by atomic mass is 19.4. The summed E-state index contributed by atoms with van der Waals surface area (Å²) in [6.45, 7) is 2.60. The molecule has 482 valence electrons. The number of halogens is 3. The fraction of sp³-hybridized carbons (Fsp3) is 0.108. The summed E-state index contributed by atoms with van der Waals surface area (Å²) in [6.07, 6.45) is 1.01. The third kappa shape index (κ3) is 17.8. The Balaban J connectivity index is 0.000000150. The second kappa shape index (κ2) is 31.0. The number of esters is 1. The Kier molecular flexibility index (Phi) is 21.7. The SMILES string of the molecule is CCOC(=O)c1nnn(Cc2ccc(OC)cc2)c1Oc1cnc2ccccc2c1.COc1ccc(Cn2nnc(C(=O)O)c2Oc2cnc3ccccc3c2)cc1.O=C(O)C(F)(F)F.O=C(O)c1[nH]nnc1Oc1cnc2ccccc2c1.Oc1cnc2ccccc2c1. The first-order valence-electron chi connectivity index (χ1n) is 28.0. The summed E-state index contributed by atoms with van der Waals surface area (Å²) in [5.74, 6) is -2.65. The van der Waals surface area contributed by atoms with E-state index in [4.69, 9.17) is 48.5 Å². The van der Waals surface area contributed by atoms with Gasteiger partial charge in [0, 0.05) is 21.5 Å². The van der Waals surface area contributed by atoms with Gasteiger partial charge >= 0.3 is 30.1 Å². The number of para-hydroxylation sites is 4. The van der Waals surface area contributed by atoms with Crippen LogP contribution in [0.5, 0.6) is 52.1 Å². The van der Waals surface area contributed by atoms with Gasteiger partial charge in [-0.3, -0.25) is 19.9 Å². The number of H-pyrrole nitrogens is 1. The molecule has 7 heterocycles. The van der Waals surface area contributed by atoms with E-state index in [1.54, 1.807) is 51.7 Å². The number of aromatic amines is 1. The van der Waals surface area contributed by atoms with Crippen LogP contribution in [0.15, 0.2) is 195 Å². The first-order chi connectivity index (χ1) is 45.8. The number of carboxylic acids is 3. The summed E-state index contributed by atoms with van der Waals surface area (Å²) < 4.78 is 67.3. The van der Waals surface area contributed by atoms with E-state index < -0.39 is 30.1 Å². The summed E-state index contributed by atoms with van der Waals surface area (Å²) in [5, 5.41) is 63.2. The number of methoxy groups -OCH3 is 2. The molecule has 0 amide bonds. The topological polar surface area (TPSA) is 359 Å². The van der Waals surface area contributed by atoms with Gasteiger partial charge in [0.15, 0.2) is 0 Å². The molecular formula is C65H52F3N13O14. The number of rotatable bonds is 16. The van der Waals surface area contributed by atoms with Gasteiger partial charge in [0.05, 0.1) is 80.8 Å². The number of ether oxygens (including phenoxy) is 6. The number of fused-ring (bicyclic) bond motifs is 4. The molecule has 0 radical (unpaired) electrons. The standard InChI is InChI=1S/C22H20N4O4.C20H16N4O4.C12H8N4O3.C9H7NO.C2HF3O2/c1-3-29-22(27)20-21(30-18-12-16-6-4-5-7-19(16)23-13-18)26(25-24-20)14-15-8-10-17(28-2)11-9-15;1-27-15-8-6-13(7-9-15)12-24-19(18(20(25)26)22-23-24)28-16-10-14-4-2-3-5-17(14)21-11-16;17-12(18)10-11(15-16-14-10)19-8-5-7-3-1-2-4-9(7)13-6-8;11-8-5-7-3-1-2-4-9(7)10-6-8;3-2(4,5)1(6)7/h4-13H,3,14H2,1-2H3;2-11H,12H2,1H3,(H,25,26);1-6H,(H,17,18)(H,14,15,16);1-6,11H;(H,6,7). The second-order valence-electron chi connectivity index (χ2n) is 19.4. The molecule has 0 saturated heterocycles. The van der Waals surface area contributed by atoms with Crippen LogP contribution in [0.25, 0.3) is 43.6 Å². The van der Waals surface area contributed by atoms with E-state index in [1.165, 1.54) is 21.8 Å². The van der Waals surface area contributed by atoms with Crippen molar-refractivity contribution >= 4 is 67.5 Å². The van der Waals surface area contributed by atoms with E-state index in [2.05, 4.69) is 56.0 Å². The highest BCUT2D eigenvalue weighted by Gasteiger charge is 2.38. The Morgan fingerprint density at radius 2 is 0.884 bits per heavy atom. The van der Waals surface area contributed by atoms with Crippen molar-refractivity contribution in [3.63, 3.8) is 0 Å². The predicted octanol–water partition coefficient (Wildman–Crippen LogP) is 11.6. The lowest BCUT2D eigenvalue weighted by Crippen LogP contribution is -2.21. The Labute approximate surface area is 534 Å². The van der Waals surface area contributed by atoms with Gasteiger partial charge in [0.25, 0.3) is 17.6 Å². The molecule has 27 nitrogen and oxygen atoms in total. The summed E-state index contributed by atoms with van der Waals surface area (Å²) in [5.41, 5.74) is 4.78. The van der Waals surface area contributed by atoms with Gasteiger partial charge in [0.1, 0.15) is 34.5 Å². The maximum absolute atomic E-state index is 12.4. The number of carbonyl (C=O) groups is 4. The van der Waals surface area contributed by atoms with Crippen LogP contribution in [-0.4, -0.2) is 137 Å². The number of hydrogen-bond donors (Lipinski definition) is 5. The van der Waals surface area contributed by atoms with E-state index >= 15 is 0 Å². The minimum Gasteiger partial charge on any atom is -0.506 e. The van der Waals surface area contributed by atoms with Crippen molar-refractivity contribution < 1.29 is 81.2 Å². The zero-order chi connectivity index (χ0) is 67.4. The number of pyridine rings is 4. The van der Waals surface area contributed by atoms with Crippen LogP contribution in [0.2, 0.25) is 0 Å². The van der Waals surface area contributed by atoms with Crippen LogP contribution in [0.3, 0.4) is 0 Å². The number of carboxylic acid groups (broad SMARTS) is 3. The van der Waals surface area contributed by atoms with Gasteiger partial charge in [-0.25, -0.2) is 33.6 Å². The van der Waals surface area contributed by atoms with E-state index in [1.807, 2.05) is 152 Å². The lowest BCUT2D eigenvalue weighted by atomic mass is 10.2. The molecule has 0 bridgehead atoms. The maximum atomic E-state index is 12.4. The van der Waals surface area contributed by atoms with Crippen molar-refractivity contribution in [1.82, 2.24) is 65.3 Å². The highest BCUT2D eigenvalue weighted by molar-refractivity contribution is 5.90. The molecule has 7 aromatic heterocycles. The van der Waals surface area contributed by atoms with Crippen molar-refractivity contribution in [3.05, 3.63) is 223 Å². The monoisotopic (exact) mass is 1300 g/mol. The number of aromatic nitrogens is 13. The zero-order valence-electron chi connectivity index (χ0n) is 50.0. The molecule has 0 aliphatic heterocycles. The zero-order valence-corrected chi connectivity index (χ0v) is 50.0. The molecular weight excluding hydrogens is 1240 g/mol. The number of alkyl halides is 3. The molecule has 6 aromatic carbocycles. The smallest absolute Gasteiger partial charge is 0.490 e. The van der Waals surface area contributed by atoms with Crippen LogP contribution < -0.4 is 23.7 Å². The summed E-state index contributed by atoms with van der Waals surface area (Å²) in [4.78, 5) is 60.7. The summed E-state index contributed by atoms with van der Waals surface area (Å²) in [6, 6.07) is 52.4. The minimum atomic E-state index is -5.08. The molecule has 30 heteroatoms. The third-order valence-electron chi connectivity index (χ3n) is 12.9. The van der Waals surface area contributed by atoms with Crippen molar-refractivity contribution in [2.45, 2.75) is 26.2 Å². The van der Waals surface area contributed by atoms with Crippen LogP contribution in [0.1, 0.15) is 49.5 Å². The number of aromatic carboxylic acids is 2. The highest BCUT2D eigenvalue weighted by Crippen LogP contribution is 2.31. The number of aromatic hydroxyl groups is 1. The van der Waals surface area contributed by atoms with Gasteiger partial charge < -0.3 is 48.8 Å². The average molecular weight is 1300 g/mol. The molecule has 5 N–H and O–H groups in total. The van der Waals surface area contributed by atoms with Gasteiger partial charge in [-0.1, -0.05) is 118 Å². The quantitative estimate of drug-likeness (QED) is 0.0561. The Morgan fingerprint density at radius 3 is 1.28 bits per heavy atom. The minimum absolute atomic E-state index is 0.0125. The normalized spacial score (nSPS) is 10.7. The lowest BCUT2D eigenvalue weighted by Gasteiger charge is -2.10. The van der Waals surface area contributed by atoms with Gasteiger partial charge in [-0.05, 0) is 90.8 Å². The number of benzene rings is 6. The molecule has 0 unspecified atom stereocenters. The van der Waals surface area contributed by atoms with Crippen LogP contribution in [0.4, 0.5) is 13.2 Å². The number of carbonyl (C=O) groups excluding carboxylic acids is 1. The van der Waals surface area contributed by atoms with Crippen LogP contribution in [0, 0.1) is 0 Å². The number of hydrogen-bond acceptors (Lipinski definition) is 21. The van der Waals surface area contributed by atoms with Crippen LogP contribution >= 0.6 is 0 Å². The van der Waals surface area contributed by atoms with Crippen molar-refractivity contribution in [2.75, 3.05) is 20.8 Å². The number of aliphatic carboxylic acids is 1. The first-order valence-corrected chi connectivity index (χ1v) is 28.0. The van der Waals surface area contributed by atoms with Gasteiger partial charge in [0.2, 0.25) is 17.1 Å². The van der Waals surface area contributed by atoms with Crippen molar-refractivity contribution in [2.24, 2.45) is 0 Å². The molecule has 0 fully saturated rings. The average Bonchev–Trinajstić information content (AvgIpc) is 1.77. The second-order valence-corrected chi connectivity index (χ2v) is 19.4. The summed E-state index contributed by atoms with van der Waals surface area (Å²) >= 11 is 0. The molecule has 0 aliphatic rings. The summed E-state index contributed by atoms with van der Waals surface area (Å²) in [7, 11) is 3.21. The largest absolute Gasteiger partial charge is 0.506 e. The Hall–Kier alpha value is -13.2. The lowest BCUT2D eigenvalue weighted by molar-refractivity contribution is -0.192. The maximum Gasteiger partial charge on any atom is 0.490 e. The molecule has 95 heavy (non-hydrogen) atoms. The van der Waals surface area contributed by atoms with Gasteiger partial charge in [-0.2, -0.15) is 13.2 Å². The Bertz CT molecular complexity index is 4800. The molecule has 0 spiro atoms. The fourth-order valence-corrected chi connectivity index (χ4v) is 8.43. The van der Waals surface area contributed by atoms with E-state index in [9.17, 15) is 32.7 Å². The number of nitrogens with one attached hydrogen (secondary N) is 1.